The van der Waals surface area contributed by atoms with E-state index in [0.29, 0.717) is 5.41 Å². The molecule has 0 fully saturated rings. The molecule has 1 aliphatic heterocycles. The number of rotatable bonds is 3. The molecule has 0 saturated carbocycles. The van der Waals surface area contributed by atoms with E-state index in [1.54, 1.807) is 0 Å². The minimum Gasteiger partial charge on any atom is -0.285 e. The van der Waals surface area contributed by atoms with Crippen LogP contribution in [-0.4, -0.2) is 5.71 Å². The van der Waals surface area contributed by atoms with Crippen molar-refractivity contribution in [2.75, 3.05) is 0 Å². The van der Waals surface area contributed by atoms with Crippen LogP contribution in [0.5, 0.6) is 0 Å². The molecule has 3 rings (SSSR count). The molecule has 0 spiro atoms. The molecule has 1 nitrogen and oxygen atoms in total. The van der Waals surface area contributed by atoms with Crippen LogP contribution in [0.3, 0.4) is 0 Å². The lowest BCUT2D eigenvalue weighted by molar-refractivity contribution is 0.506. The van der Waals surface area contributed by atoms with Gasteiger partial charge in [-0.2, -0.15) is 0 Å². The van der Waals surface area contributed by atoms with E-state index in [1.165, 1.54) is 34.4 Å². The smallest absolute Gasteiger partial charge is 0.0649 e. The normalized spacial score (nSPS) is 12.2. The summed E-state index contributed by atoms with van der Waals surface area (Å²) in [6.45, 7) is 16.0. The van der Waals surface area contributed by atoms with E-state index in [2.05, 4.69) is 88.1 Å². The van der Waals surface area contributed by atoms with Crippen molar-refractivity contribution in [3.63, 3.8) is 0 Å². The van der Waals surface area contributed by atoms with Gasteiger partial charge in [0, 0.05) is 11.3 Å². The van der Waals surface area contributed by atoms with Gasteiger partial charge in [-0.05, 0) is 41.9 Å². The highest BCUT2D eigenvalue weighted by molar-refractivity contribution is 6.03. The highest BCUT2D eigenvalue weighted by Gasteiger charge is 2.16. The third kappa shape index (κ3) is 5.56. The second kappa shape index (κ2) is 10.2. The maximum absolute atomic E-state index is 4.43. The molecule has 0 bridgehead atoms. The largest absolute Gasteiger partial charge is 0.285 e. The lowest BCUT2D eigenvalue weighted by Gasteiger charge is -2.22. The number of hydrogen-bond donors (Lipinski definition) is 0. The Morgan fingerprint density at radius 1 is 0.920 bits per heavy atom. The highest BCUT2D eigenvalue weighted by Crippen LogP contribution is 2.25. The maximum atomic E-state index is 4.43. The molecule has 0 aromatic heterocycles. The van der Waals surface area contributed by atoms with Crippen molar-refractivity contribution >= 4 is 5.71 Å². The van der Waals surface area contributed by atoms with Crippen LogP contribution in [0.25, 0.3) is 0 Å². The Balaban J connectivity index is 0.000000229. The van der Waals surface area contributed by atoms with Crippen LogP contribution < -0.4 is 0 Å². The second-order valence-corrected chi connectivity index (χ2v) is 6.81. The first-order chi connectivity index (χ1) is 12.0. The Morgan fingerprint density at radius 3 is 2.12 bits per heavy atom. The predicted molar refractivity (Wildman–Crippen MR) is 113 cm³/mol. The minimum atomic E-state index is 0.335. The second-order valence-electron chi connectivity index (χ2n) is 6.81. The monoisotopic (exact) mass is 337 g/mol. The number of nitrogens with zero attached hydrogens (tertiary/aromatic N) is 1. The van der Waals surface area contributed by atoms with Gasteiger partial charge in [-0.25, -0.2) is 0 Å². The van der Waals surface area contributed by atoms with Crippen molar-refractivity contribution in [1.29, 1.82) is 0 Å². The summed E-state index contributed by atoms with van der Waals surface area (Å²) in [6, 6.07) is 17.2. The summed E-state index contributed by atoms with van der Waals surface area (Å²) in [7, 11) is 0. The first-order valence-corrected chi connectivity index (χ1v) is 9.67. The highest BCUT2D eigenvalue weighted by atomic mass is 14.8. The topological polar surface area (TPSA) is 12.4 Å². The Kier molecular flexibility index (Phi) is 8.61. The number of aliphatic imine (C=N–C) groups is 1. The minimum absolute atomic E-state index is 0.335. The molecule has 1 heterocycles. The Bertz CT molecular complexity index is 666. The SMILES string of the molecule is CC.CCC(C)(C)c1ccccc1.CCc1cccc2c1C(C)=NC2. The molecule has 25 heavy (non-hydrogen) atoms. The van der Waals surface area contributed by atoms with Crippen LogP contribution in [0, 0.1) is 0 Å². The van der Waals surface area contributed by atoms with Gasteiger partial charge in [-0.15, -0.1) is 0 Å². The third-order valence-corrected chi connectivity index (χ3v) is 4.91. The summed E-state index contributed by atoms with van der Waals surface area (Å²) in [5, 5.41) is 0. The van der Waals surface area contributed by atoms with Crippen molar-refractivity contribution < 1.29 is 0 Å². The van der Waals surface area contributed by atoms with E-state index < -0.39 is 0 Å². The van der Waals surface area contributed by atoms with Gasteiger partial charge >= 0.3 is 0 Å². The van der Waals surface area contributed by atoms with Crippen LogP contribution in [0.15, 0.2) is 53.5 Å². The Morgan fingerprint density at radius 2 is 1.56 bits per heavy atom. The van der Waals surface area contributed by atoms with E-state index in [-0.39, 0.29) is 0 Å². The summed E-state index contributed by atoms with van der Waals surface area (Å²) >= 11 is 0. The molecule has 136 valence electrons. The number of aryl methyl sites for hydroxylation is 1. The number of hydrogen-bond acceptors (Lipinski definition) is 1. The maximum Gasteiger partial charge on any atom is 0.0649 e. The van der Waals surface area contributed by atoms with Gasteiger partial charge in [0.15, 0.2) is 0 Å². The molecule has 0 atom stereocenters. The van der Waals surface area contributed by atoms with E-state index in [4.69, 9.17) is 0 Å². The molecule has 2 aromatic carbocycles. The first-order valence-electron chi connectivity index (χ1n) is 9.67. The summed E-state index contributed by atoms with van der Waals surface area (Å²) in [5.74, 6) is 0. The molecule has 0 unspecified atom stereocenters. The van der Waals surface area contributed by atoms with Gasteiger partial charge in [0.2, 0.25) is 0 Å². The van der Waals surface area contributed by atoms with Gasteiger partial charge < -0.3 is 0 Å². The lowest BCUT2D eigenvalue weighted by atomic mass is 9.82. The van der Waals surface area contributed by atoms with Crippen molar-refractivity contribution in [3.8, 4) is 0 Å². The Labute approximate surface area is 155 Å². The molecule has 1 aliphatic rings. The van der Waals surface area contributed by atoms with Crippen LogP contribution in [0.4, 0.5) is 0 Å². The van der Waals surface area contributed by atoms with E-state index in [0.717, 1.165) is 13.0 Å². The zero-order valence-corrected chi connectivity index (χ0v) is 17.2. The molecule has 0 N–H and O–H groups in total. The van der Waals surface area contributed by atoms with Crippen LogP contribution in [0.1, 0.15) is 77.1 Å². The average Bonchev–Trinajstić information content (AvgIpc) is 3.06. The van der Waals surface area contributed by atoms with Crippen molar-refractivity contribution in [1.82, 2.24) is 0 Å². The molecule has 0 amide bonds. The fourth-order valence-electron chi connectivity index (χ4n) is 2.92. The van der Waals surface area contributed by atoms with Gasteiger partial charge in [0.25, 0.3) is 0 Å². The molecule has 0 aliphatic carbocycles. The first kappa shape index (κ1) is 21.2. The van der Waals surface area contributed by atoms with Crippen molar-refractivity contribution in [3.05, 3.63) is 70.8 Å². The van der Waals surface area contributed by atoms with Gasteiger partial charge in [-0.1, -0.05) is 90.1 Å². The van der Waals surface area contributed by atoms with Crippen molar-refractivity contribution in [2.45, 2.75) is 73.3 Å². The van der Waals surface area contributed by atoms with Gasteiger partial charge in [0.1, 0.15) is 0 Å². The average molecular weight is 338 g/mol. The van der Waals surface area contributed by atoms with Gasteiger partial charge in [-0.3, -0.25) is 4.99 Å². The summed E-state index contributed by atoms with van der Waals surface area (Å²) in [5.41, 5.74) is 7.21. The Hall–Kier alpha value is -1.89. The third-order valence-electron chi connectivity index (χ3n) is 4.91. The fourth-order valence-corrected chi connectivity index (χ4v) is 2.92. The predicted octanol–water partition coefficient (Wildman–Crippen LogP) is 6.97. The summed E-state index contributed by atoms with van der Waals surface area (Å²) < 4.78 is 0. The molecular formula is C24H35N. The zero-order chi connectivity index (χ0) is 18.9. The molecular weight excluding hydrogens is 302 g/mol. The van der Waals surface area contributed by atoms with Crippen LogP contribution in [-0.2, 0) is 18.4 Å². The molecule has 2 aromatic rings. The molecule has 0 radical (unpaired) electrons. The molecule has 0 saturated heterocycles. The summed E-state index contributed by atoms with van der Waals surface area (Å²) in [4.78, 5) is 4.43. The van der Waals surface area contributed by atoms with E-state index in [9.17, 15) is 0 Å². The standard InChI is InChI=1S/C11H13N.C11H16.C2H6/c1-3-9-5-4-6-10-7-12-8(2)11(9)10;1-4-11(2,3)10-8-6-5-7-9-10;1-2/h4-6H,3,7H2,1-2H3;5-9H,4H2,1-3H3;1-2H3. The summed E-state index contributed by atoms with van der Waals surface area (Å²) in [6.07, 6.45) is 2.30. The fraction of sp³-hybridized carbons (Fsp3) is 0.458. The zero-order valence-electron chi connectivity index (χ0n) is 17.2. The molecule has 1 heteroatoms. The van der Waals surface area contributed by atoms with Crippen LogP contribution in [0.2, 0.25) is 0 Å². The van der Waals surface area contributed by atoms with Crippen molar-refractivity contribution in [2.24, 2.45) is 4.99 Å². The number of fused-ring (bicyclic) bond motifs is 1. The van der Waals surface area contributed by atoms with E-state index >= 15 is 0 Å². The van der Waals surface area contributed by atoms with E-state index in [1.807, 2.05) is 13.8 Å². The lowest BCUT2D eigenvalue weighted by Crippen LogP contribution is -2.14. The number of benzene rings is 2. The quantitative estimate of drug-likeness (QED) is 0.573. The van der Waals surface area contributed by atoms with Crippen LogP contribution >= 0.6 is 0 Å². The van der Waals surface area contributed by atoms with Gasteiger partial charge in [0.05, 0.1) is 6.54 Å².